The van der Waals surface area contributed by atoms with Crippen LogP contribution in [0.3, 0.4) is 0 Å². The normalized spacial score (nSPS) is 15.9. The zero-order valence-electron chi connectivity index (χ0n) is 17.7. The summed E-state index contributed by atoms with van der Waals surface area (Å²) < 4.78 is 5.97. The molecule has 1 amide bonds. The summed E-state index contributed by atoms with van der Waals surface area (Å²) in [5.41, 5.74) is 0.525. The zero-order valence-corrected chi connectivity index (χ0v) is 17.7. The second-order valence-electron chi connectivity index (χ2n) is 7.32. The molecule has 0 bridgehead atoms. The number of phenols is 1. The monoisotopic (exact) mass is 404 g/mol. The number of carbonyl (C=O) groups excluding carboxylic acids is 1. The van der Waals surface area contributed by atoms with Crippen LogP contribution in [0, 0.1) is 5.92 Å². The third-order valence-electron chi connectivity index (χ3n) is 5.17. The molecule has 0 radical (unpaired) electrons. The molecule has 7 heteroatoms. The Morgan fingerprint density at radius 2 is 1.83 bits per heavy atom. The van der Waals surface area contributed by atoms with Crippen molar-refractivity contribution in [2.24, 2.45) is 10.9 Å². The molecule has 0 spiro atoms. The third kappa shape index (κ3) is 8.31. The molecule has 1 aliphatic carbocycles. The Bertz CT molecular complexity index is 627. The van der Waals surface area contributed by atoms with Crippen LogP contribution in [0.25, 0.3) is 0 Å². The zero-order chi connectivity index (χ0) is 20.9. The van der Waals surface area contributed by atoms with Crippen molar-refractivity contribution in [2.75, 3.05) is 32.8 Å². The van der Waals surface area contributed by atoms with Gasteiger partial charge in [0.05, 0.1) is 6.10 Å². The van der Waals surface area contributed by atoms with Crippen LogP contribution in [-0.2, 0) is 4.74 Å². The van der Waals surface area contributed by atoms with Gasteiger partial charge in [-0.2, -0.15) is 0 Å². The summed E-state index contributed by atoms with van der Waals surface area (Å²) in [5, 5.41) is 18.6. The predicted octanol–water partition coefficient (Wildman–Crippen LogP) is 2.66. The Morgan fingerprint density at radius 3 is 2.48 bits per heavy atom. The van der Waals surface area contributed by atoms with Crippen molar-refractivity contribution >= 4 is 11.9 Å². The van der Waals surface area contributed by atoms with Crippen LogP contribution in [-0.4, -0.2) is 55.9 Å². The van der Waals surface area contributed by atoms with E-state index in [-0.39, 0.29) is 11.7 Å². The number of hydrogen-bond donors (Lipinski definition) is 4. The van der Waals surface area contributed by atoms with Crippen LogP contribution < -0.4 is 16.0 Å². The van der Waals surface area contributed by atoms with Crippen molar-refractivity contribution in [3.63, 3.8) is 0 Å². The van der Waals surface area contributed by atoms with Crippen molar-refractivity contribution in [1.82, 2.24) is 16.0 Å². The maximum absolute atomic E-state index is 12.1. The number of carbonyl (C=O) groups is 1. The molecule has 7 nitrogen and oxygen atoms in total. The molecule has 1 aliphatic rings. The Kier molecular flexibility index (Phi) is 10.3. The maximum Gasteiger partial charge on any atom is 0.251 e. The fraction of sp³-hybridized carbons (Fsp3) is 0.636. The minimum atomic E-state index is -0.162. The van der Waals surface area contributed by atoms with Crippen LogP contribution in [0.15, 0.2) is 29.3 Å². The Balaban J connectivity index is 1.73. The number of aliphatic imine (C=N–C) groups is 1. The number of phenolic OH excluding ortho intramolecular Hbond substituents is 1. The van der Waals surface area contributed by atoms with Gasteiger partial charge < -0.3 is 25.8 Å². The molecule has 0 aliphatic heterocycles. The molecular formula is C22H36N4O3. The van der Waals surface area contributed by atoms with Crippen LogP contribution in [0.2, 0.25) is 0 Å². The number of nitrogens with one attached hydrogen (secondary N) is 3. The van der Waals surface area contributed by atoms with Gasteiger partial charge >= 0.3 is 0 Å². The molecule has 1 saturated carbocycles. The van der Waals surface area contributed by atoms with E-state index in [1.54, 1.807) is 12.1 Å². The van der Waals surface area contributed by atoms with E-state index in [9.17, 15) is 9.90 Å². The molecule has 0 saturated heterocycles. The van der Waals surface area contributed by atoms with Crippen molar-refractivity contribution in [2.45, 2.75) is 52.1 Å². The molecular weight excluding hydrogens is 368 g/mol. The van der Waals surface area contributed by atoms with E-state index in [2.05, 4.69) is 27.9 Å². The molecule has 0 heterocycles. The highest BCUT2D eigenvalue weighted by molar-refractivity contribution is 5.94. The van der Waals surface area contributed by atoms with E-state index in [0.717, 1.165) is 32.1 Å². The molecule has 0 aromatic heterocycles. The molecule has 1 unspecified atom stereocenters. The molecule has 162 valence electrons. The highest BCUT2D eigenvalue weighted by Gasteiger charge is 2.24. The number of hydrogen-bond acceptors (Lipinski definition) is 4. The summed E-state index contributed by atoms with van der Waals surface area (Å²) in [7, 11) is 0. The lowest BCUT2D eigenvalue weighted by Crippen LogP contribution is -2.41. The van der Waals surface area contributed by atoms with Crippen molar-refractivity contribution < 1.29 is 14.6 Å². The van der Waals surface area contributed by atoms with Crippen LogP contribution in [0.5, 0.6) is 5.75 Å². The molecule has 1 aromatic carbocycles. The largest absolute Gasteiger partial charge is 0.508 e. The summed E-state index contributed by atoms with van der Waals surface area (Å²) >= 11 is 0. The summed E-state index contributed by atoms with van der Waals surface area (Å²) in [5.74, 6) is 1.42. The first-order valence-electron chi connectivity index (χ1n) is 10.8. The van der Waals surface area contributed by atoms with Crippen molar-refractivity contribution in [1.29, 1.82) is 0 Å². The Labute approximate surface area is 174 Å². The van der Waals surface area contributed by atoms with Gasteiger partial charge in [-0.15, -0.1) is 0 Å². The van der Waals surface area contributed by atoms with Crippen molar-refractivity contribution in [3.05, 3.63) is 29.8 Å². The average molecular weight is 405 g/mol. The number of nitrogens with zero attached hydrogens (tertiary/aromatic N) is 1. The number of guanidine groups is 1. The minimum Gasteiger partial charge on any atom is -0.508 e. The van der Waals surface area contributed by atoms with Gasteiger partial charge in [0.25, 0.3) is 5.91 Å². The number of benzene rings is 1. The first-order valence-corrected chi connectivity index (χ1v) is 10.8. The number of amides is 1. The predicted molar refractivity (Wildman–Crippen MR) is 116 cm³/mol. The SMILES string of the molecule is CCNC(=NCCC(OCC)C1CCCC1)NCCNC(=O)c1ccc(O)cc1. The third-order valence-corrected chi connectivity index (χ3v) is 5.17. The van der Waals surface area contributed by atoms with Gasteiger partial charge in [0, 0.05) is 38.3 Å². The number of ether oxygens (including phenoxy) is 1. The lowest BCUT2D eigenvalue weighted by molar-refractivity contribution is 0.0177. The quantitative estimate of drug-likeness (QED) is 0.258. The number of aromatic hydroxyl groups is 1. The van der Waals surface area contributed by atoms with Gasteiger partial charge in [-0.1, -0.05) is 12.8 Å². The second kappa shape index (κ2) is 13.0. The van der Waals surface area contributed by atoms with E-state index >= 15 is 0 Å². The van der Waals surface area contributed by atoms with E-state index in [1.165, 1.54) is 37.8 Å². The van der Waals surface area contributed by atoms with E-state index in [1.807, 2.05) is 6.92 Å². The second-order valence-corrected chi connectivity index (χ2v) is 7.32. The van der Waals surface area contributed by atoms with Gasteiger partial charge in [-0.3, -0.25) is 9.79 Å². The van der Waals surface area contributed by atoms with Crippen LogP contribution in [0.4, 0.5) is 0 Å². The van der Waals surface area contributed by atoms with Crippen molar-refractivity contribution in [3.8, 4) is 5.75 Å². The van der Waals surface area contributed by atoms with Gasteiger partial charge in [-0.25, -0.2) is 0 Å². The van der Waals surface area contributed by atoms with Crippen LogP contribution >= 0.6 is 0 Å². The smallest absolute Gasteiger partial charge is 0.251 e. The van der Waals surface area contributed by atoms with E-state index in [4.69, 9.17) is 4.74 Å². The fourth-order valence-corrected chi connectivity index (χ4v) is 3.72. The Hall–Kier alpha value is -2.28. The summed E-state index contributed by atoms with van der Waals surface area (Å²) in [6.07, 6.45) is 6.42. The fourth-order valence-electron chi connectivity index (χ4n) is 3.72. The highest BCUT2D eigenvalue weighted by Crippen LogP contribution is 2.30. The van der Waals surface area contributed by atoms with Gasteiger partial charge in [-0.05, 0) is 63.3 Å². The molecule has 29 heavy (non-hydrogen) atoms. The summed E-state index contributed by atoms with van der Waals surface area (Å²) in [4.78, 5) is 16.7. The average Bonchev–Trinajstić information content (AvgIpc) is 3.25. The van der Waals surface area contributed by atoms with Gasteiger partial charge in [0.1, 0.15) is 5.75 Å². The van der Waals surface area contributed by atoms with E-state index < -0.39 is 0 Å². The first kappa shape index (κ1) is 23.0. The summed E-state index contributed by atoms with van der Waals surface area (Å²) in [6.45, 7) is 7.40. The van der Waals surface area contributed by atoms with Crippen LogP contribution in [0.1, 0.15) is 56.3 Å². The van der Waals surface area contributed by atoms with Gasteiger partial charge in [0.2, 0.25) is 0 Å². The van der Waals surface area contributed by atoms with Gasteiger partial charge in [0.15, 0.2) is 5.96 Å². The van der Waals surface area contributed by atoms with E-state index in [0.29, 0.717) is 30.7 Å². The molecule has 1 aromatic rings. The molecule has 4 N–H and O–H groups in total. The standard InChI is InChI=1S/C22H36N4O3/c1-3-23-22(25-14-13-20(29-4-2)17-7-5-6-8-17)26-16-15-24-21(28)18-9-11-19(27)12-10-18/h9-12,17,20,27H,3-8,13-16H2,1-2H3,(H,24,28)(H2,23,25,26). The maximum atomic E-state index is 12.1. The topological polar surface area (TPSA) is 95.0 Å². The molecule has 1 fully saturated rings. The Morgan fingerprint density at radius 1 is 1.14 bits per heavy atom. The molecule has 2 rings (SSSR count). The highest BCUT2D eigenvalue weighted by atomic mass is 16.5. The first-order chi connectivity index (χ1) is 14.1. The molecule has 1 atom stereocenters. The minimum absolute atomic E-state index is 0.147. The lowest BCUT2D eigenvalue weighted by atomic mass is 9.98. The lowest BCUT2D eigenvalue weighted by Gasteiger charge is -2.22. The number of rotatable bonds is 11. The summed E-state index contributed by atoms with van der Waals surface area (Å²) in [6, 6.07) is 6.21.